The van der Waals surface area contributed by atoms with E-state index in [0.29, 0.717) is 23.1 Å². The van der Waals surface area contributed by atoms with E-state index in [1.165, 1.54) is 0 Å². The molecule has 0 saturated carbocycles. The van der Waals surface area contributed by atoms with Gasteiger partial charge in [-0.1, -0.05) is 23.2 Å². The minimum Gasteiger partial charge on any atom is -0.444 e. The van der Waals surface area contributed by atoms with Crippen LogP contribution in [0.2, 0.25) is 10.0 Å². The Morgan fingerprint density at radius 3 is 2.67 bits per heavy atom. The predicted octanol–water partition coefficient (Wildman–Crippen LogP) is 4.41. The highest BCUT2D eigenvalue weighted by atomic mass is 35.5. The van der Waals surface area contributed by atoms with E-state index < -0.39 is 5.60 Å². The molecule has 21 heavy (non-hydrogen) atoms. The summed E-state index contributed by atoms with van der Waals surface area (Å²) in [6.45, 7) is 6.91. The fraction of sp³-hybridized carbons (Fsp3) is 0.533. The molecule has 1 heterocycles. The van der Waals surface area contributed by atoms with Gasteiger partial charge in [-0.25, -0.2) is 4.79 Å². The normalized spacial score (nSPS) is 18.7. The minimum atomic E-state index is -0.466. The van der Waals surface area contributed by atoms with Gasteiger partial charge in [-0.2, -0.15) is 0 Å². The van der Waals surface area contributed by atoms with Crippen molar-refractivity contribution in [1.29, 1.82) is 0 Å². The van der Waals surface area contributed by atoms with Crippen LogP contribution in [0.3, 0.4) is 0 Å². The van der Waals surface area contributed by atoms with Crippen LogP contribution in [-0.4, -0.2) is 35.7 Å². The molecular weight excluding hydrogens is 311 g/mol. The maximum absolute atomic E-state index is 12.0. The SMILES string of the molecule is CC(C)(C)OC(=O)N1CC[C@H](Nc2ccc(Cl)c(Cl)c2)C1. The Bertz CT molecular complexity index is 529. The highest BCUT2D eigenvalue weighted by Crippen LogP contribution is 2.26. The molecule has 1 aliphatic heterocycles. The fourth-order valence-corrected chi connectivity index (χ4v) is 2.49. The number of nitrogens with one attached hydrogen (secondary N) is 1. The number of likely N-dealkylation sites (tertiary alicyclic amines) is 1. The minimum absolute atomic E-state index is 0.190. The van der Waals surface area contributed by atoms with Gasteiger partial charge in [-0.15, -0.1) is 0 Å². The van der Waals surface area contributed by atoms with E-state index >= 15 is 0 Å². The van der Waals surface area contributed by atoms with Crippen LogP contribution in [0.1, 0.15) is 27.2 Å². The summed E-state index contributed by atoms with van der Waals surface area (Å²) in [6.07, 6.45) is 0.611. The van der Waals surface area contributed by atoms with Crippen molar-refractivity contribution in [2.75, 3.05) is 18.4 Å². The number of amides is 1. The fourth-order valence-electron chi connectivity index (χ4n) is 2.19. The number of ether oxygens (including phenoxy) is 1. The molecule has 0 aromatic heterocycles. The molecule has 0 radical (unpaired) electrons. The van der Waals surface area contributed by atoms with Crippen molar-refractivity contribution in [3.8, 4) is 0 Å². The lowest BCUT2D eigenvalue weighted by atomic mass is 10.2. The van der Waals surface area contributed by atoms with Crippen LogP contribution in [0.25, 0.3) is 0 Å². The molecule has 1 atom stereocenters. The zero-order valence-electron chi connectivity index (χ0n) is 12.5. The molecule has 116 valence electrons. The number of hydrogen-bond acceptors (Lipinski definition) is 3. The third-order valence-corrected chi connectivity index (χ3v) is 3.87. The second-order valence-corrected chi connectivity index (χ2v) is 7.00. The van der Waals surface area contributed by atoms with Crippen molar-refractivity contribution in [3.05, 3.63) is 28.2 Å². The smallest absolute Gasteiger partial charge is 0.410 e. The summed E-state index contributed by atoms with van der Waals surface area (Å²) in [7, 11) is 0. The van der Waals surface area contributed by atoms with E-state index in [2.05, 4.69) is 5.32 Å². The average molecular weight is 331 g/mol. The summed E-state index contributed by atoms with van der Waals surface area (Å²) in [5.74, 6) is 0. The Kier molecular flexibility index (Phi) is 4.89. The molecule has 1 aromatic rings. The van der Waals surface area contributed by atoms with Crippen molar-refractivity contribution in [2.24, 2.45) is 0 Å². The summed E-state index contributed by atoms with van der Waals surface area (Å²) in [5.41, 5.74) is 0.437. The second-order valence-electron chi connectivity index (χ2n) is 6.19. The number of carbonyl (C=O) groups is 1. The van der Waals surface area contributed by atoms with E-state index in [1.807, 2.05) is 26.8 Å². The highest BCUT2D eigenvalue weighted by molar-refractivity contribution is 6.42. The average Bonchev–Trinajstić information content (AvgIpc) is 2.80. The Hall–Kier alpha value is -1.13. The molecule has 2 rings (SSSR count). The predicted molar refractivity (Wildman–Crippen MR) is 86.3 cm³/mol. The second kappa shape index (κ2) is 6.32. The molecule has 0 aliphatic carbocycles. The Morgan fingerprint density at radius 1 is 1.33 bits per heavy atom. The zero-order chi connectivity index (χ0) is 15.6. The van der Waals surface area contributed by atoms with Gasteiger partial charge in [-0.05, 0) is 45.4 Å². The van der Waals surface area contributed by atoms with Crippen LogP contribution >= 0.6 is 23.2 Å². The van der Waals surface area contributed by atoms with Gasteiger partial charge in [0.1, 0.15) is 5.60 Å². The largest absolute Gasteiger partial charge is 0.444 e. The van der Waals surface area contributed by atoms with Crippen LogP contribution in [0.15, 0.2) is 18.2 Å². The third kappa shape index (κ3) is 4.68. The lowest BCUT2D eigenvalue weighted by Crippen LogP contribution is -2.36. The van der Waals surface area contributed by atoms with Crippen molar-refractivity contribution in [1.82, 2.24) is 4.90 Å². The molecule has 0 unspecified atom stereocenters. The maximum atomic E-state index is 12.0. The van der Waals surface area contributed by atoms with Gasteiger partial charge < -0.3 is 15.0 Å². The number of carbonyl (C=O) groups excluding carboxylic acids is 1. The molecular formula is C15H20Cl2N2O2. The van der Waals surface area contributed by atoms with Gasteiger partial charge in [0, 0.05) is 24.8 Å². The van der Waals surface area contributed by atoms with Gasteiger partial charge in [0.2, 0.25) is 0 Å². The van der Waals surface area contributed by atoms with Gasteiger partial charge in [-0.3, -0.25) is 0 Å². The lowest BCUT2D eigenvalue weighted by molar-refractivity contribution is 0.0293. The first-order chi connectivity index (χ1) is 9.74. The zero-order valence-corrected chi connectivity index (χ0v) is 14.0. The monoisotopic (exact) mass is 330 g/mol. The van der Waals surface area contributed by atoms with Crippen molar-refractivity contribution in [3.63, 3.8) is 0 Å². The molecule has 0 spiro atoms. The number of anilines is 1. The first kappa shape index (κ1) is 16.2. The number of nitrogens with zero attached hydrogens (tertiary/aromatic N) is 1. The first-order valence-electron chi connectivity index (χ1n) is 6.94. The van der Waals surface area contributed by atoms with Crippen LogP contribution in [-0.2, 0) is 4.74 Å². The molecule has 1 N–H and O–H groups in total. The third-order valence-electron chi connectivity index (χ3n) is 3.13. The Labute approximate surface area is 135 Å². The molecule has 1 aromatic carbocycles. The van der Waals surface area contributed by atoms with Crippen LogP contribution in [0.4, 0.5) is 10.5 Å². The highest BCUT2D eigenvalue weighted by Gasteiger charge is 2.29. The standard InChI is InChI=1S/C15H20Cl2N2O2/c1-15(2,3)21-14(20)19-7-6-11(9-19)18-10-4-5-12(16)13(17)8-10/h4-5,8,11,18H,6-7,9H2,1-3H3/t11-/m0/s1. The summed E-state index contributed by atoms with van der Waals surface area (Å²) in [5, 5.41) is 4.41. The number of halogens is 2. The summed E-state index contributed by atoms with van der Waals surface area (Å²) in [6, 6.07) is 5.62. The molecule has 0 bridgehead atoms. The van der Waals surface area contributed by atoms with E-state index in [0.717, 1.165) is 12.1 Å². The van der Waals surface area contributed by atoms with Crippen molar-refractivity contribution < 1.29 is 9.53 Å². The van der Waals surface area contributed by atoms with E-state index in [4.69, 9.17) is 27.9 Å². The summed E-state index contributed by atoms with van der Waals surface area (Å²) < 4.78 is 5.38. The van der Waals surface area contributed by atoms with Gasteiger partial charge in [0.05, 0.1) is 10.0 Å². The van der Waals surface area contributed by atoms with Gasteiger partial charge in [0.15, 0.2) is 0 Å². The lowest BCUT2D eigenvalue weighted by Gasteiger charge is -2.24. The molecule has 1 saturated heterocycles. The van der Waals surface area contributed by atoms with Gasteiger partial charge >= 0.3 is 6.09 Å². The van der Waals surface area contributed by atoms with Crippen molar-refractivity contribution >= 4 is 35.0 Å². The van der Waals surface area contributed by atoms with E-state index in [9.17, 15) is 4.79 Å². The van der Waals surface area contributed by atoms with Crippen molar-refractivity contribution in [2.45, 2.75) is 38.8 Å². The van der Waals surface area contributed by atoms with Gasteiger partial charge in [0.25, 0.3) is 0 Å². The molecule has 4 nitrogen and oxygen atoms in total. The molecule has 1 aliphatic rings. The molecule has 1 amide bonds. The van der Waals surface area contributed by atoms with E-state index in [-0.39, 0.29) is 12.1 Å². The number of benzene rings is 1. The van der Waals surface area contributed by atoms with Crippen LogP contribution < -0.4 is 5.32 Å². The number of rotatable bonds is 2. The molecule has 6 heteroatoms. The summed E-state index contributed by atoms with van der Waals surface area (Å²) >= 11 is 11.9. The molecule has 1 fully saturated rings. The topological polar surface area (TPSA) is 41.6 Å². The summed E-state index contributed by atoms with van der Waals surface area (Å²) in [4.78, 5) is 13.7. The Morgan fingerprint density at radius 2 is 2.05 bits per heavy atom. The Balaban J connectivity index is 1.90. The number of hydrogen-bond donors (Lipinski definition) is 1. The quantitative estimate of drug-likeness (QED) is 0.872. The van der Waals surface area contributed by atoms with E-state index in [1.54, 1.807) is 17.0 Å². The van der Waals surface area contributed by atoms with Crippen LogP contribution in [0.5, 0.6) is 0 Å². The first-order valence-corrected chi connectivity index (χ1v) is 7.70. The maximum Gasteiger partial charge on any atom is 0.410 e. The van der Waals surface area contributed by atoms with Crippen LogP contribution in [0, 0.1) is 0 Å².